The van der Waals surface area contributed by atoms with Crippen molar-refractivity contribution < 1.29 is 14.3 Å². The van der Waals surface area contributed by atoms with Crippen molar-refractivity contribution >= 4 is 11.8 Å². The monoisotopic (exact) mass is 300 g/mol. The Hall–Kier alpha value is -1.38. The quantitative estimate of drug-likeness (QED) is 0.642. The molecule has 0 unspecified atom stereocenters. The average Bonchev–Trinajstić information content (AvgIpc) is 2.46. The SMILES string of the molecule is C[C@@]12CC[C@H]3[C@@H](C=CC4=CC(=O)CC[C@@]43C)[C@H]1CCC(=O)O2. The van der Waals surface area contributed by atoms with E-state index in [-0.39, 0.29) is 22.8 Å². The lowest BCUT2D eigenvalue weighted by Gasteiger charge is -2.57. The first-order chi connectivity index (χ1) is 10.4. The lowest BCUT2D eigenvalue weighted by atomic mass is 9.50. The fraction of sp³-hybridized carbons (Fsp3) is 0.684. The third kappa shape index (κ3) is 1.87. The van der Waals surface area contributed by atoms with E-state index in [4.69, 9.17) is 4.74 Å². The van der Waals surface area contributed by atoms with Crippen LogP contribution >= 0.6 is 0 Å². The zero-order valence-electron chi connectivity index (χ0n) is 13.4. The minimum absolute atomic E-state index is 0.0351. The Morgan fingerprint density at radius 2 is 1.91 bits per heavy atom. The molecule has 0 N–H and O–H groups in total. The summed E-state index contributed by atoms with van der Waals surface area (Å²) in [5.74, 6) is 1.71. The molecule has 0 radical (unpaired) electrons. The highest BCUT2D eigenvalue weighted by molar-refractivity contribution is 5.92. The van der Waals surface area contributed by atoms with E-state index < -0.39 is 0 Å². The summed E-state index contributed by atoms with van der Waals surface area (Å²) in [6.45, 7) is 4.46. The van der Waals surface area contributed by atoms with Crippen LogP contribution in [-0.2, 0) is 14.3 Å². The molecule has 0 aromatic carbocycles. The number of hydrogen-bond acceptors (Lipinski definition) is 3. The van der Waals surface area contributed by atoms with Gasteiger partial charge < -0.3 is 4.74 Å². The molecule has 1 aliphatic heterocycles. The number of allylic oxidation sites excluding steroid dienone is 4. The van der Waals surface area contributed by atoms with Crippen LogP contribution in [0, 0.1) is 23.2 Å². The number of ether oxygens (including phenoxy) is 1. The van der Waals surface area contributed by atoms with Crippen molar-refractivity contribution in [2.75, 3.05) is 0 Å². The van der Waals surface area contributed by atoms with Crippen molar-refractivity contribution in [3.8, 4) is 0 Å². The standard InChI is InChI=1S/C19H24O3/c1-18-9-7-13(20)11-12(18)3-4-14-15(18)8-10-19(2)16(14)5-6-17(21)22-19/h3-4,11,14-16H,5-10H2,1-2H3/t14-,15+,16-,18+,19-/m1/s1. The van der Waals surface area contributed by atoms with Crippen LogP contribution in [0.2, 0.25) is 0 Å². The fourth-order valence-corrected chi connectivity index (χ4v) is 5.52. The molecular weight excluding hydrogens is 276 g/mol. The Labute approximate surface area is 131 Å². The Morgan fingerprint density at radius 3 is 2.73 bits per heavy atom. The first-order valence-corrected chi connectivity index (χ1v) is 8.57. The van der Waals surface area contributed by atoms with Crippen LogP contribution in [0.3, 0.4) is 0 Å². The molecule has 1 heterocycles. The van der Waals surface area contributed by atoms with Gasteiger partial charge in [0.1, 0.15) is 5.60 Å². The van der Waals surface area contributed by atoms with Gasteiger partial charge in [0.15, 0.2) is 5.78 Å². The average molecular weight is 300 g/mol. The summed E-state index contributed by atoms with van der Waals surface area (Å²) >= 11 is 0. The van der Waals surface area contributed by atoms with Gasteiger partial charge in [-0.05, 0) is 61.5 Å². The zero-order chi connectivity index (χ0) is 15.5. The Balaban J connectivity index is 1.73. The molecule has 0 spiro atoms. The topological polar surface area (TPSA) is 43.4 Å². The van der Waals surface area contributed by atoms with Gasteiger partial charge in [-0.1, -0.05) is 19.1 Å². The molecule has 118 valence electrons. The summed E-state index contributed by atoms with van der Waals surface area (Å²) in [7, 11) is 0. The maximum absolute atomic E-state index is 11.8. The van der Waals surface area contributed by atoms with E-state index in [0.717, 1.165) is 25.7 Å². The minimum Gasteiger partial charge on any atom is -0.459 e. The number of ketones is 1. The Kier molecular flexibility index (Phi) is 2.95. The second-order valence-corrected chi connectivity index (χ2v) is 8.00. The molecule has 5 atom stereocenters. The van der Waals surface area contributed by atoms with Crippen molar-refractivity contribution in [2.24, 2.45) is 23.2 Å². The molecule has 3 nitrogen and oxygen atoms in total. The molecule has 4 rings (SSSR count). The van der Waals surface area contributed by atoms with Gasteiger partial charge in [0.05, 0.1) is 0 Å². The number of carbonyl (C=O) groups excluding carboxylic acids is 2. The maximum atomic E-state index is 11.8. The molecule has 2 fully saturated rings. The van der Waals surface area contributed by atoms with Gasteiger partial charge in [-0.2, -0.15) is 0 Å². The molecule has 0 aromatic heterocycles. The van der Waals surface area contributed by atoms with Gasteiger partial charge in [-0.3, -0.25) is 9.59 Å². The van der Waals surface area contributed by atoms with Crippen LogP contribution in [0.25, 0.3) is 0 Å². The van der Waals surface area contributed by atoms with Crippen LogP contribution in [0.5, 0.6) is 0 Å². The van der Waals surface area contributed by atoms with Crippen molar-refractivity contribution in [1.82, 2.24) is 0 Å². The van der Waals surface area contributed by atoms with Gasteiger partial charge in [0.2, 0.25) is 0 Å². The van der Waals surface area contributed by atoms with Crippen molar-refractivity contribution in [3.05, 3.63) is 23.8 Å². The highest BCUT2D eigenvalue weighted by Crippen LogP contribution is 2.59. The molecule has 22 heavy (non-hydrogen) atoms. The second-order valence-electron chi connectivity index (χ2n) is 8.00. The van der Waals surface area contributed by atoms with Crippen LogP contribution in [0.15, 0.2) is 23.8 Å². The highest BCUT2D eigenvalue weighted by Gasteiger charge is 2.56. The van der Waals surface area contributed by atoms with Crippen molar-refractivity contribution in [1.29, 1.82) is 0 Å². The van der Waals surface area contributed by atoms with E-state index in [0.29, 0.717) is 30.6 Å². The second kappa shape index (κ2) is 4.56. The van der Waals surface area contributed by atoms with Gasteiger partial charge in [-0.15, -0.1) is 0 Å². The first-order valence-electron chi connectivity index (χ1n) is 8.57. The van der Waals surface area contributed by atoms with Gasteiger partial charge in [0, 0.05) is 18.8 Å². The first kappa shape index (κ1) is 14.2. The summed E-state index contributed by atoms with van der Waals surface area (Å²) in [5.41, 5.74) is 1.06. The predicted molar refractivity (Wildman–Crippen MR) is 83.0 cm³/mol. The molecule has 0 aromatic rings. The van der Waals surface area contributed by atoms with Crippen LogP contribution in [-0.4, -0.2) is 17.4 Å². The number of hydrogen-bond donors (Lipinski definition) is 0. The molecule has 0 bridgehead atoms. The molecule has 1 saturated carbocycles. The van der Waals surface area contributed by atoms with Gasteiger partial charge in [0.25, 0.3) is 0 Å². The Bertz CT molecular complexity index is 602. The third-order valence-electron chi connectivity index (χ3n) is 6.85. The molecule has 4 aliphatic rings. The van der Waals surface area contributed by atoms with E-state index in [2.05, 4.69) is 26.0 Å². The van der Waals surface area contributed by atoms with Crippen molar-refractivity contribution in [2.45, 2.75) is 58.0 Å². The number of rotatable bonds is 0. The van der Waals surface area contributed by atoms with Crippen LogP contribution in [0.1, 0.15) is 52.4 Å². The van der Waals surface area contributed by atoms with Crippen LogP contribution < -0.4 is 0 Å². The maximum Gasteiger partial charge on any atom is 0.306 e. The van der Waals surface area contributed by atoms with E-state index in [1.54, 1.807) is 0 Å². The predicted octanol–water partition coefficient (Wildman–Crippen LogP) is 3.59. The lowest BCUT2D eigenvalue weighted by molar-refractivity contribution is -0.188. The summed E-state index contributed by atoms with van der Waals surface area (Å²) < 4.78 is 5.77. The normalized spacial score (nSPS) is 47.0. The minimum atomic E-state index is -0.289. The fourth-order valence-electron chi connectivity index (χ4n) is 5.52. The molecule has 1 saturated heterocycles. The number of esters is 1. The largest absolute Gasteiger partial charge is 0.459 e. The number of fused-ring (bicyclic) bond motifs is 5. The summed E-state index contributed by atoms with van der Waals surface area (Å²) in [6.07, 6.45) is 11.5. The van der Waals surface area contributed by atoms with E-state index >= 15 is 0 Å². The van der Waals surface area contributed by atoms with E-state index in [1.807, 2.05) is 6.08 Å². The summed E-state index contributed by atoms with van der Waals surface area (Å²) in [6, 6.07) is 0. The molecular formula is C19H24O3. The lowest BCUT2D eigenvalue weighted by Crippen LogP contribution is -2.55. The third-order valence-corrected chi connectivity index (χ3v) is 6.85. The Morgan fingerprint density at radius 1 is 1.09 bits per heavy atom. The van der Waals surface area contributed by atoms with E-state index in [9.17, 15) is 9.59 Å². The van der Waals surface area contributed by atoms with Gasteiger partial charge >= 0.3 is 5.97 Å². The summed E-state index contributed by atoms with van der Waals surface area (Å²) in [5, 5.41) is 0. The zero-order valence-corrected chi connectivity index (χ0v) is 13.4. The summed E-state index contributed by atoms with van der Waals surface area (Å²) in [4.78, 5) is 23.5. The molecule has 3 aliphatic carbocycles. The smallest absolute Gasteiger partial charge is 0.306 e. The highest BCUT2D eigenvalue weighted by atomic mass is 16.6. The molecule has 0 amide bonds. The van der Waals surface area contributed by atoms with Crippen LogP contribution in [0.4, 0.5) is 0 Å². The van der Waals surface area contributed by atoms with E-state index in [1.165, 1.54) is 5.57 Å². The molecule has 3 heteroatoms. The van der Waals surface area contributed by atoms with Crippen molar-refractivity contribution in [3.63, 3.8) is 0 Å². The van der Waals surface area contributed by atoms with Gasteiger partial charge in [-0.25, -0.2) is 0 Å². The number of carbonyl (C=O) groups is 2.